The van der Waals surface area contributed by atoms with Gasteiger partial charge in [0.15, 0.2) is 0 Å². The van der Waals surface area contributed by atoms with Gasteiger partial charge >= 0.3 is 0 Å². The second kappa shape index (κ2) is 8.68. The number of hydrogen-bond acceptors (Lipinski definition) is 3. The SMILES string of the molecule is CC(N)C1CCCCN1CC(=O)N1CCCC2CCCCC21.Cl. The highest BCUT2D eigenvalue weighted by Gasteiger charge is 2.37. The predicted octanol–water partition coefficient (Wildman–Crippen LogP) is 2.79. The van der Waals surface area contributed by atoms with E-state index in [1.54, 1.807) is 0 Å². The summed E-state index contributed by atoms with van der Waals surface area (Å²) in [6.45, 7) is 4.71. The molecule has 1 aliphatic carbocycles. The quantitative estimate of drug-likeness (QED) is 0.857. The number of amides is 1. The molecular formula is C18H34ClN3O. The third kappa shape index (κ3) is 4.40. The lowest BCUT2D eigenvalue weighted by molar-refractivity contribution is -0.139. The molecule has 0 aromatic rings. The minimum Gasteiger partial charge on any atom is -0.338 e. The Hall–Kier alpha value is -0.320. The Labute approximate surface area is 147 Å². The summed E-state index contributed by atoms with van der Waals surface area (Å²) in [6.07, 6.45) is 11.4. The number of fused-ring (bicyclic) bond motifs is 1. The predicted molar refractivity (Wildman–Crippen MR) is 96.8 cm³/mol. The van der Waals surface area contributed by atoms with Gasteiger partial charge < -0.3 is 10.6 Å². The van der Waals surface area contributed by atoms with Crippen molar-refractivity contribution in [3.05, 3.63) is 0 Å². The van der Waals surface area contributed by atoms with Gasteiger partial charge in [0.05, 0.1) is 6.54 Å². The number of likely N-dealkylation sites (tertiary alicyclic amines) is 2. The third-order valence-corrected chi connectivity index (χ3v) is 6.17. The van der Waals surface area contributed by atoms with Gasteiger partial charge in [-0.1, -0.05) is 19.3 Å². The second-order valence-corrected chi connectivity index (χ2v) is 7.73. The van der Waals surface area contributed by atoms with Crippen LogP contribution in [0.25, 0.3) is 0 Å². The molecule has 4 nitrogen and oxygen atoms in total. The summed E-state index contributed by atoms with van der Waals surface area (Å²) in [5.74, 6) is 1.14. The zero-order valence-corrected chi connectivity index (χ0v) is 15.4. The Morgan fingerprint density at radius 2 is 1.74 bits per heavy atom. The van der Waals surface area contributed by atoms with E-state index in [0.29, 0.717) is 24.5 Å². The van der Waals surface area contributed by atoms with Crippen LogP contribution in [0.2, 0.25) is 0 Å². The lowest BCUT2D eigenvalue weighted by Gasteiger charge is -2.45. The molecule has 134 valence electrons. The van der Waals surface area contributed by atoms with E-state index in [2.05, 4.69) is 16.7 Å². The topological polar surface area (TPSA) is 49.6 Å². The molecule has 2 aliphatic heterocycles. The summed E-state index contributed by atoms with van der Waals surface area (Å²) in [5.41, 5.74) is 6.15. The number of piperidine rings is 2. The standard InChI is InChI=1S/C18H33N3O.ClH/c1-14(19)16-9-4-5-11-20(16)13-18(22)21-12-6-8-15-7-2-3-10-17(15)21;/h14-17H,2-13,19H2,1H3;1H. The van der Waals surface area contributed by atoms with Crippen molar-refractivity contribution in [1.82, 2.24) is 9.80 Å². The first-order chi connectivity index (χ1) is 10.7. The van der Waals surface area contributed by atoms with E-state index in [9.17, 15) is 4.79 Å². The maximum Gasteiger partial charge on any atom is 0.237 e. The molecule has 0 spiro atoms. The fraction of sp³-hybridized carbons (Fsp3) is 0.944. The molecule has 3 rings (SSSR count). The van der Waals surface area contributed by atoms with E-state index >= 15 is 0 Å². The minimum atomic E-state index is 0. The maximum atomic E-state index is 12.9. The average Bonchev–Trinajstić information content (AvgIpc) is 2.54. The Bertz CT molecular complexity index is 388. The first-order valence-corrected chi connectivity index (χ1v) is 9.46. The van der Waals surface area contributed by atoms with E-state index in [4.69, 9.17) is 5.73 Å². The Kier molecular flexibility index (Phi) is 7.18. The van der Waals surface area contributed by atoms with Gasteiger partial charge in [0.25, 0.3) is 0 Å². The van der Waals surface area contributed by atoms with E-state index in [0.717, 1.165) is 25.4 Å². The van der Waals surface area contributed by atoms with Crippen molar-refractivity contribution in [2.45, 2.75) is 82.8 Å². The van der Waals surface area contributed by atoms with Crippen molar-refractivity contribution in [2.24, 2.45) is 11.7 Å². The molecule has 4 unspecified atom stereocenters. The molecule has 1 saturated carbocycles. The number of rotatable bonds is 3. The summed E-state index contributed by atoms with van der Waals surface area (Å²) in [5, 5.41) is 0. The zero-order chi connectivity index (χ0) is 15.5. The highest BCUT2D eigenvalue weighted by Crippen LogP contribution is 2.35. The summed E-state index contributed by atoms with van der Waals surface area (Å²) in [7, 11) is 0. The highest BCUT2D eigenvalue weighted by atomic mass is 35.5. The van der Waals surface area contributed by atoms with Gasteiger partial charge in [-0.25, -0.2) is 0 Å². The van der Waals surface area contributed by atoms with Crippen LogP contribution in [0.4, 0.5) is 0 Å². The minimum absolute atomic E-state index is 0. The molecule has 2 heterocycles. The molecule has 4 atom stereocenters. The third-order valence-electron chi connectivity index (χ3n) is 6.17. The van der Waals surface area contributed by atoms with Crippen LogP contribution in [-0.2, 0) is 4.79 Å². The molecule has 0 radical (unpaired) electrons. The highest BCUT2D eigenvalue weighted by molar-refractivity contribution is 5.85. The van der Waals surface area contributed by atoms with Crippen LogP contribution in [0.1, 0.15) is 64.7 Å². The van der Waals surface area contributed by atoms with Gasteiger partial charge in [0, 0.05) is 24.7 Å². The molecule has 0 aromatic carbocycles. The lowest BCUT2D eigenvalue weighted by atomic mass is 9.78. The molecule has 1 amide bonds. The number of hydrogen-bond donors (Lipinski definition) is 1. The number of nitrogens with two attached hydrogens (primary N) is 1. The normalized spacial score (nSPS) is 33.5. The Morgan fingerprint density at radius 1 is 1.04 bits per heavy atom. The van der Waals surface area contributed by atoms with Crippen LogP contribution in [0.5, 0.6) is 0 Å². The number of halogens is 1. The van der Waals surface area contributed by atoms with Crippen LogP contribution in [0, 0.1) is 5.92 Å². The van der Waals surface area contributed by atoms with E-state index in [-0.39, 0.29) is 18.4 Å². The van der Waals surface area contributed by atoms with Gasteiger partial charge in [0.2, 0.25) is 5.91 Å². The fourth-order valence-electron chi connectivity index (χ4n) is 5.01. The first kappa shape index (κ1) is 19.0. The van der Waals surface area contributed by atoms with Crippen LogP contribution in [0.15, 0.2) is 0 Å². The first-order valence-electron chi connectivity index (χ1n) is 9.46. The summed E-state index contributed by atoms with van der Waals surface area (Å²) >= 11 is 0. The molecule has 23 heavy (non-hydrogen) atoms. The molecule has 5 heteroatoms. The van der Waals surface area contributed by atoms with Crippen molar-refractivity contribution >= 4 is 18.3 Å². The van der Waals surface area contributed by atoms with Crippen LogP contribution in [0.3, 0.4) is 0 Å². The van der Waals surface area contributed by atoms with Crippen LogP contribution in [-0.4, -0.2) is 53.5 Å². The lowest BCUT2D eigenvalue weighted by Crippen LogP contribution is -2.56. The summed E-state index contributed by atoms with van der Waals surface area (Å²) < 4.78 is 0. The summed E-state index contributed by atoms with van der Waals surface area (Å²) in [6, 6.07) is 1.09. The number of carbonyl (C=O) groups excluding carboxylic acids is 1. The van der Waals surface area contributed by atoms with Gasteiger partial charge in [-0.05, 0) is 57.9 Å². The van der Waals surface area contributed by atoms with Crippen molar-refractivity contribution in [1.29, 1.82) is 0 Å². The smallest absolute Gasteiger partial charge is 0.237 e. The average molecular weight is 344 g/mol. The van der Waals surface area contributed by atoms with Crippen LogP contribution >= 0.6 is 12.4 Å². The molecule has 2 saturated heterocycles. The van der Waals surface area contributed by atoms with Gasteiger partial charge in [-0.15, -0.1) is 12.4 Å². The van der Waals surface area contributed by atoms with E-state index in [1.165, 1.54) is 51.4 Å². The van der Waals surface area contributed by atoms with E-state index in [1.807, 2.05) is 0 Å². The molecule has 3 fully saturated rings. The van der Waals surface area contributed by atoms with Crippen molar-refractivity contribution in [2.75, 3.05) is 19.6 Å². The van der Waals surface area contributed by atoms with Gasteiger partial charge in [-0.2, -0.15) is 0 Å². The molecular weight excluding hydrogens is 310 g/mol. The van der Waals surface area contributed by atoms with Crippen molar-refractivity contribution < 1.29 is 4.79 Å². The Morgan fingerprint density at radius 3 is 2.52 bits per heavy atom. The van der Waals surface area contributed by atoms with Gasteiger partial charge in [0.1, 0.15) is 0 Å². The van der Waals surface area contributed by atoms with Crippen molar-refractivity contribution in [3.63, 3.8) is 0 Å². The van der Waals surface area contributed by atoms with Gasteiger partial charge in [-0.3, -0.25) is 9.69 Å². The van der Waals surface area contributed by atoms with Crippen molar-refractivity contribution in [3.8, 4) is 0 Å². The monoisotopic (exact) mass is 343 g/mol. The maximum absolute atomic E-state index is 12.9. The van der Waals surface area contributed by atoms with E-state index < -0.39 is 0 Å². The number of carbonyl (C=O) groups is 1. The number of nitrogens with zero attached hydrogens (tertiary/aromatic N) is 2. The molecule has 0 aromatic heterocycles. The molecule has 3 aliphatic rings. The second-order valence-electron chi connectivity index (χ2n) is 7.73. The van der Waals surface area contributed by atoms with Crippen LogP contribution < -0.4 is 5.73 Å². The Balaban J connectivity index is 0.00000192. The largest absolute Gasteiger partial charge is 0.338 e. The zero-order valence-electron chi connectivity index (χ0n) is 14.6. The molecule has 0 bridgehead atoms. The molecule has 2 N–H and O–H groups in total. The fourth-order valence-corrected chi connectivity index (χ4v) is 5.01. The summed E-state index contributed by atoms with van der Waals surface area (Å²) in [4.78, 5) is 17.5.